The summed E-state index contributed by atoms with van der Waals surface area (Å²) in [4.78, 5) is 23.4. The monoisotopic (exact) mass is 335 g/mol. The number of nitrogens with one attached hydrogen (secondary N) is 1. The number of nitriles is 1. The summed E-state index contributed by atoms with van der Waals surface area (Å²) in [5, 5.41) is 11.8. The number of piperidine rings is 1. The Hall–Kier alpha value is -2.94. The Bertz CT molecular complexity index is 781. The molecule has 1 fully saturated rings. The van der Waals surface area contributed by atoms with Gasteiger partial charge >= 0.3 is 0 Å². The predicted molar refractivity (Wildman–Crippen MR) is 96.4 cm³/mol. The summed E-state index contributed by atoms with van der Waals surface area (Å²) in [5.41, 5.74) is 1.13. The number of nitrogens with zero attached hydrogens (tertiary/aromatic N) is 4. The average molecular weight is 335 g/mol. The average Bonchev–Trinajstić information content (AvgIpc) is 2.68. The molecule has 0 bridgehead atoms. The Labute approximate surface area is 147 Å². The van der Waals surface area contributed by atoms with E-state index >= 15 is 0 Å². The maximum Gasteiger partial charge on any atom is 0.275 e. The number of benzene rings is 1. The topological polar surface area (TPSA) is 81.9 Å². The summed E-state index contributed by atoms with van der Waals surface area (Å²) in [6, 6.07) is 9.43. The van der Waals surface area contributed by atoms with Crippen LogP contribution in [-0.4, -0.2) is 28.5 Å². The van der Waals surface area contributed by atoms with E-state index in [1.54, 1.807) is 30.5 Å². The number of carbonyl (C=O) groups excluding carboxylic acids is 1. The molecule has 25 heavy (non-hydrogen) atoms. The number of aromatic nitrogens is 2. The number of carbonyl (C=O) groups is 1. The third-order valence-electron chi connectivity index (χ3n) is 4.56. The minimum atomic E-state index is -0.368. The molecule has 1 aliphatic rings. The number of hydrogen-bond donors (Lipinski definition) is 1. The van der Waals surface area contributed by atoms with Crippen molar-refractivity contribution in [2.45, 2.75) is 38.6 Å². The summed E-state index contributed by atoms with van der Waals surface area (Å²) in [6.07, 6.45) is 7.83. The highest BCUT2D eigenvalue weighted by Gasteiger charge is 2.22. The van der Waals surface area contributed by atoms with Gasteiger partial charge in [-0.05, 0) is 37.8 Å². The molecule has 6 heteroatoms. The molecule has 1 unspecified atom stereocenters. The van der Waals surface area contributed by atoms with Crippen molar-refractivity contribution in [1.82, 2.24) is 9.97 Å². The Morgan fingerprint density at radius 2 is 2.16 bits per heavy atom. The zero-order valence-electron chi connectivity index (χ0n) is 14.3. The lowest BCUT2D eigenvalue weighted by Gasteiger charge is -2.35. The molecular weight excluding hydrogens is 314 g/mol. The van der Waals surface area contributed by atoms with Crippen LogP contribution in [0.4, 0.5) is 11.5 Å². The molecule has 0 spiro atoms. The fourth-order valence-electron chi connectivity index (χ4n) is 3.19. The van der Waals surface area contributed by atoms with Crippen molar-refractivity contribution in [1.29, 1.82) is 5.26 Å². The SMILES string of the molecule is CCC1CCCCN1c1cnc(C(=O)Nc2ccccc2C#N)cn1. The van der Waals surface area contributed by atoms with Crippen LogP contribution in [0.3, 0.4) is 0 Å². The van der Waals surface area contributed by atoms with Crippen LogP contribution in [0.25, 0.3) is 0 Å². The highest BCUT2D eigenvalue weighted by atomic mass is 16.1. The standard InChI is InChI=1S/C19H21N5O/c1-2-15-8-5-6-10-24(15)18-13-21-17(12-22-18)19(25)23-16-9-4-3-7-14(16)11-20/h3-4,7,9,12-13,15H,2,5-6,8,10H2,1H3,(H,23,25). The van der Waals surface area contributed by atoms with Crippen LogP contribution in [0, 0.1) is 11.3 Å². The number of para-hydroxylation sites is 1. The Morgan fingerprint density at radius 1 is 1.32 bits per heavy atom. The first kappa shape index (κ1) is 16.9. The molecular formula is C19H21N5O. The lowest BCUT2D eigenvalue weighted by Crippen LogP contribution is -2.39. The Kier molecular flexibility index (Phi) is 5.24. The lowest BCUT2D eigenvalue weighted by molar-refractivity contribution is 0.102. The number of anilines is 2. The second-order valence-electron chi connectivity index (χ2n) is 6.12. The molecule has 1 saturated heterocycles. The van der Waals surface area contributed by atoms with Crippen LogP contribution in [0.2, 0.25) is 0 Å². The van der Waals surface area contributed by atoms with E-state index in [-0.39, 0.29) is 11.6 Å². The maximum absolute atomic E-state index is 12.4. The molecule has 1 N–H and O–H groups in total. The van der Waals surface area contributed by atoms with E-state index in [1.807, 2.05) is 0 Å². The maximum atomic E-state index is 12.4. The Morgan fingerprint density at radius 3 is 2.88 bits per heavy atom. The van der Waals surface area contributed by atoms with E-state index < -0.39 is 0 Å². The third kappa shape index (κ3) is 3.77. The van der Waals surface area contributed by atoms with Crippen molar-refractivity contribution in [3.8, 4) is 6.07 Å². The molecule has 1 aromatic heterocycles. The molecule has 1 aliphatic heterocycles. The molecule has 0 saturated carbocycles. The van der Waals surface area contributed by atoms with Gasteiger partial charge in [-0.15, -0.1) is 0 Å². The van der Waals surface area contributed by atoms with Crippen LogP contribution >= 0.6 is 0 Å². The van der Waals surface area contributed by atoms with E-state index in [4.69, 9.17) is 5.26 Å². The van der Waals surface area contributed by atoms with Gasteiger partial charge in [0.15, 0.2) is 0 Å². The fourth-order valence-corrected chi connectivity index (χ4v) is 3.19. The Balaban J connectivity index is 1.73. The lowest BCUT2D eigenvalue weighted by atomic mass is 10.0. The largest absolute Gasteiger partial charge is 0.352 e. The van der Waals surface area contributed by atoms with Gasteiger partial charge in [-0.1, -0.05) is 19.1 Å². The molecule has 1 atom stereocenters. The molecule has 2 heterocycles. The highest BCUT2D eigenvalue weighted by molar-refractivity contribution is 6.03. The second-order valence-corrected chi connectivity index (χ2v) is 6.12. The highest BCUT2D eigenvalue weighted by Crippen LogP contribution is 2.24. The summed E-state index contributed by atoms with van der Waals surface area (Å²) >= 11 is 0. The van der Waals surface area contributed by atoms with Crippen LogP contribution in [-0.2, 0) is 0 Å². The second kappa shape index (κ2) is 7.75. The smallest absolute Gasteiger partial charge is 0.275 e. The number of amides is 1. The number of rotatable bonds is 4. The van der Waals surface area contributed by atoms with Gasteiger partial charge < -0.3 is 10.2 Å². The van der Waals surface area contributed by atoms with Crippen LogP contribution < -0.4 is 10.2 Å². The van der Waals surface area contributed by atoms with Gasteiger partial charge in [0.1, 0.15) is 17.6 Å². The minimum absolute atomic E-state index is 0.238. The zero-order chi connectivity index (χ0) is 17.6. The molecule has 1 aromatic carbocycles. The van der Waals surface area contributed by atoms with Crippen molar-refractivity contribution in [2.24, 2.45) is 0 Å². The van der Waals surface area contributed by atoms with Crippen molar-refractivity contribution >= 4 is 17.4 Å². The van der Waals surface area contributed by atoms with Crippen molar-refractivity contribution in [2.75, 3.05) is 16.8 Å². The van der Waals surface area contributed by atoms with E-state index in [0.29, 0.717) is 17.3 Å². The van der Waals surface area contributed by atoms with Crippen molar-refractivity contribution in [3.05, 3.63) is 47.9 Å². The normalized spacial score (nSPS) is 17.0. The van der Waals surface area contributed by atoms with E-state index in [2.05, 4.69) is 33.2 Å². The minimum Gasteiger partial charge on any atom is -0.352 e. The first-order valence-electron chi connectivity index (χ1n) is 8.62. The fraction of sp³-hybridized carbons (Fsp3) is 0.368. The summed E-state index contributed by atoms with van der Waals surface area (Å²) in [6.45, 7) is 3.17. The zero-order valence-corrected chi connectivity index (χ0v) is 14.3. The first-order valence-corrected chi connectivity index (χ1v) is 8.62. The van der Waals surface area contributed by atoms with Gasteiger partial charge in [-0.3, -0.25) is 4.79 Å². The van der Waals surface area contributed by atoms with Crippen molar-refractivity contribution < 1.29 is 4.79 Å². The van der Waals surface area contributed by atoms with Crippen LogP contribution in [0.15, 0.2) is 36.7 Å². The van der Waals surface area contributed by atoms with E-state index in [0.717, 1.165) is 25.2 Å². The molecule has 2 aromatic rings. The van der Waals surface area contributed by atoms with Gasteiger partial charge in [-0.2, -0.15) is 5.26 Å². The number of hydrogen-bond acceptors (Lipinski definition) is 5. The predicted octanol–water partition coefficient (Wildman–Crippen LogP) is 3.37. The summed E-state index contributed by atoms with van der Waals surface area (Å²) < 4.78 is 0. The first-order chi connectivity index (χ1) is 12.2. The van der Waals surface area contributed by atoms with E-state index in [1.165, 1.54) is 19.0 Å². The van der Waals surface area contributed by atoms with Crippen LogP contribution in [0.5, 0.6) is 0 Å². The van der Waals surface area contributed by atoms with Gasteiger partial charge in [0.2, 0.25) is 0 Å². The van der Waals surface area contributed by atoms with E-state index in [9.17, 15) is 4.79 Å². The van der Waals surface area contributed by atoms with Gasteiger partial charge in [0.25, 0.3) is 5.91 Å². The molecule has 1 amide bonds. The quantitative estimate of drug-likeness (QED) is 0.926. The third-order valence-corrected chi connectivity index (χ3v) is 4.56. The van der Waals surface area contributed by atoms with Gasteiger partial charge in [0, 0.05) is 12.6 Å². The summed E-state index contributed by atoms with van der Waals surface area (Å²) in [5.74, 6) is 0.452. The molecule has 128 valence electrons. The molecule has 3 rings (SSSR count). The molecule has 6 nitrogen and oxygen atoms in total. The molecule has 0 radical (unpaired) electrons. The molecule has 0 aliphatic carbocycles. The van der Waals surface area contributed by atoms with Gasteiger partial charge in [-0.25, -0.2) is 9.97 Å². The van der Waals surface area contributed by atoms with Crippen LogP contribution in [0.1, 0.15) is 48.7 Å². The van der Waals surface area contributed by atoms with Crippen molar-refractivity contribution in [3.63, 3.8) is 0 Å². The van der Waals surface area contributed by atoms with Gasteiger partial charge in [0.05, 0.1) is 23.6 Å². The summed E-state index contributed by atoms with van der Waals surface area (Å²) in [7, 11) is 0.